The number of benzene rings is 2. The molecule has 112 valence electrons. The number of nitrogens with one attached hydrogen (secondary N) is 2. The zero-order chi connectivity index (χ0) is 15.9. The van der Waals surface area contributed by atoms with Crippen LogP contribution in [0.25, 0.3) is 0 Å². The maximum absolute atomic E-state index is 12.4. The minimum Gasteiger partial charge on any atom is -0.508 e. The number of carbonyl (C=O) groups excluding carboxylic acids is 2. The monoisotopic (exact) mass is 300 g/mol. The number of carbonyl (C=O) groups is 2. The van der Waals surface area contributed by atoms with Gasteiger partial charge in [-0.1, -0.05) is 30.3 Å². The summed E-state index contributed by atoms with van der Waals surface area (Å²) in [6.45, 7) is 0. The Morgan fingerprint density at radius 2 is 1.45 bits per heavy atom. The van der Waals surface area contributed by atoms with Crippen molar-refractivity contribution in [3.05, 3.63) is 53.6 Å². The Morgan fingerprint density at radius 1 is 0.818 bits per heavy atom. The highest BCUT2D eigenvalue weighted by Gasteiger charge is 2.52. The average molecular weight is 300 g/mol. The molecule has 0 aromatic heterocycles. The Bertz CT molecular complexity index is 789. The van der Waals surface area contributed by atoms with Gasteiger partial charge in [0.1, 0.15) is 5.75 Å². The maximum Gasteiger partial charge on any atom is 0.322 e. The van der Waals surface area contributed by atoms with Crippen molar-refractivity contribution in [3.63, 3.8) is 0 Å². The summed E-state index contributed by atoms with van der Waals surface area (Å²) < 4.78 is 0. The number of amides is 3. The first-order chi connectivity index (χ1) is 10.5. The molecule has 3 amide bonds. The second-order valence-corrected chi connectivity index (χ2v) is 4.85. The predicted molar refractivity (Wildman–Crippen MR) is 75.3 cm³/mol. The summed E-state index contributed by atoms with van der Waals surface area (Å²) in [4.78, 5) is 24.1. The molecule has 1 atom stereocenters. The van der Waals surface area contributed by atoms with E-state index >= 15 is 0 Å². The Labute approximate surface area is 124 Å². The van der Waals surface area contributed by atoms with Gasteiger partial charge in [-0.2, -0.15) is 0 Å². The first kappa shape index (κ1) is 13.7. The normalized spacial score (nSPS) is 20.5. The van der Waals surface area contributed by atoms with Crippen molar-refractivity contribution in [3.8, 4) is 17.2 Å². The molecule has 1 aliphatic heterocycles. The molecule has 7 heteroatoms. The number of imide groups is 1. The van der Waals surface area contributed by atoms with E-state index in [1.807, 2.05) is 0 Å². The van der Waals surface area contributed by atoms with Crippen LogP contribution in [0.15, 0.2) is 42.5 Å². The molecule has 1 saturated heterocycles. The topological polar surface area (TPSA) is 119 Å². The average Bonchev–Trinajstić information content (AvgIpc) is 2.78. The van der Waals surface area contributed by atoms with E-state index in [1.165, 1.54) is 30.3 Å². The van der Waals surface area contributed by atoms with Crippen LogP contribution in [0.5, 0.6) is 17.2 Å². The summed E-state index contributed by atoms with van der Waals surface area (Å²) in [6.07, 6.45) is 0. The summed E-state index contributed by atoms with van der Waals surface area (Å²) in [5.74, 6) is -1.99. The predicted octanol–water partition coefficient (Wildman–Crippen LogP) is 0.886. The van der Waals surface area contributed by atoms with Crippen molar-refractivity contribution < 1.29 is 24.9 Å². The molecule has 2 aromatic rings. The van der Waals surface area contributed by atoms with Crippen LogP contribution in [0.1, 0.15) is 11.1 Å². The van der Waals surface area contributed by atoms with E-state index in [1.54, 1.807) is 12.1 Å². The fourth-order valence-electron chi connectivity index (χ4n) is 2.60. The fourth-order valence-corrected chi connectivity index (χ4v) is 2.60. The second kappa shape index (κ2) is 4.66. The van der Waals surface area contributed by atoms with Gasteiger partial charge in [0.05, 0.1) is 0 Å². The summed E-state index contributed by atoms with van der Waals surface area (Å²) in [5.41, 5.74) is -1.79. The molecule has 0 radical (unpaired) electrons. The molecule has 0 aliphatic carbocycles. The van der Waals surface area contributed by atoms with Crippen LogP contribution in [0, 0.1) is 0 Å². The number of hydrogen-bond donors (Lipinski definition) is 5. The largest absolute Gasteiger partial charge is 0.508 e. The molecule has 7 nitrogen and oxygen atoms in total. The Kier molecular flexibility index (Phi) is 2.91. The molecule has 1 aliphatic rings. The molecule has 5 N–H and O–H groups in total. The number of para-hydroxylation sites is 2. The van der Waals surface area contributed by atoms with Gasteiger partial charge < -0.3 is 20.6 Å². The molecule has 0 spiro atoms. The number of phenols is 3. The van der Waals surface area contributed by atoms with E-state index in [2.05, 4.69) is 10.6 Å². The minimum atomic E-state index is -1.83. The third-order valence-corrected chi connectivity index (χ3v) is 3.60. The van der Waals surface area contributed by atoms with Gasteiger partial charge in [0.2, 0.25) is 0 Å². The number of hydrogen-bond acceptors (Lipinski definition) is 5. The summed E-state index contributed by atoms with van der Waals surface area (Å²) in [5, 5.41) is 34.4. The van der Waals surface area contributed by atoms with Gasteiger partial charge in [0, 0.05) is 11.1 Å². The number of aromatic hydroxyl groups is 3. The van der Waals surface area contributed by atoms with Crippen LogP contribution >= 0.6 is 0 Å². The van der Waals surface area contributed by atoms with Gasteiger partial charge in [-0.3, -0.25) is 10.1 Å². The van der Waals surface area contributed by atoms with Crippen molar-refractivity contribution in [1.29, 1.82) is 0 Å². The standard InChI is InChI=1S/C15H12N2O5/c18-10-6-2-1-4-8(10)15(13(21)16-14(22)17-15)9-5-3-7-11(19)12(9)20/h1-7,18-20H,(H2,16,17,21,22). The van der Waals surface area contributed by atoms with E-state index in [-0.39, 0.29) is 16.9 Å². The highest BCUT2D eigenvalue weighted by atomic mass is 16.3. The third kappa shape index (κ3) is 1.76. The quantitative estimate of drug-likeness (QED) is 0.417. The van der Waals surface area contributed by atoms with Crippen molar-refractivity contribution in [2.45, 2.75) is 5.54 Å². The van der Waals surface area contributed by atoms with Gasteiger partial charge in [-0.05, 0) is 12.1 Å². The van der Waals surface area contributed by atoms with E-state index in [9.17, 15) is 24.9 Å². The Morgan fingerprint density at radius 3 is 2.09 bits per heavy atom. The lowest BCUT2D eigenvalue weighted by Gasteiger charge is -2.28. The highest BCUT2D eigenvalue weighted by molar-refractivity contribution is 6.10. The van der Waals surface area contributed by atoms with Crippen LogP contribution in [-0.4, -0.2) is 27.3 Å². The molecule has 1 unspecified atom stereocenters. The van der Waals surface area contributed by atoms with Crippen molar-refractivity contribution >= 4 is 11.9 Å². The highest BCUT2D eigenvalue weighted by Crippen LogP contribution is 2.43. The number of urea groups is 1. The van der Waals surface area contributed by atoms with Gasteiger partial charge >= 0.3 is 6.03 Å². The zero-order valence-corrected chi connectivity index (χ0v) is 11.2. The molecule has 22 heavy (non-hydrogen) atoms. The van der Waals surface area contributed by atoms with Crippen molar-refractivity contribution in [2.24, 2.45) is 0 Å². The zero-order valence-electron chi connectivity index (χ0n) is 11.2. The van der Waals surface area contributed by atoms with Gasteiger partial charge in [-0.15, -0.1) is 0 Å². The fraction of sp³-hybridized carbons (Fsp3) is 0.0667. The minimum absolute atomic E-state index is 0.0441. The van der Waals surface area contributed by atoms with Crippen LogP contribution < -0.4 is 10.6 Å². The Balaban J connectivity index is 2.35. The first-order valence-electron chi connectivity index (χ1n) is 6.40. The lowest BCUT2D eigenvalue weighted by atomic mass is 9.81. The second-order valence-electron chi connectivity index (χ2n) is 4.85. The van der Waals surface area contributed by atoms with E-state index in [0.29, 0.717) is 0 Å². The molecule has 0 bridgehead atoms. The lowest BCUT2D eigenvalue weighted by molar-refractivity contribution is -0.123. The number of rotatable bonds is 2. The molecule has 2 aromatic carbocycles. The molecular weight excluding hydrogens is 288 g/mol. The van der Waals surface area contributed by atoms with Crippen molar-refractivity contribution in [2.75, 3.05) is 0 Å². The van der Waals surface area contributed by atoms with E-state index < -0.39 is 29.0 Å². The third-order valence-electron chi connectivity index (χ3n) is 3.60. The molecular formula is C15H12N2O5. The smallest absolute Gasteiger partial charge is 0.322 e. The van der Waals surface area contributed by atoms with Crippen LogP contribution in [-0.2, 0) is 10.3 Å². The van der Waals surface area contributed by atoms with Crippen LogP contribution in [0.2, 0.25) is 0 Å². The molecule has 1 fully saturated rings. The van der Waals surface area contributed by atoms with Crippen LogP contribution in [0.3, 0.4) is 0 Å². The summed E-state index contributed by atoms with van der Waals surface area (Å²) >= 11 is 0. The van der Waals surface area contributed by atoms with Gasteiger partial charge in [0.25, 0.3) is 5.91 Å². The number of phenolic OH excluding ortho intramolecular Hbond substituents is 3. The van der Waals surface area contributed by atoms with Crippen LogP contribution in [0.4, 0.5) is 4.79 Å². The lowest BCUT2D eigenvalue weighted by Crippen LogP contribution is -2.45. The molecule has 1 heterocycles. The molecule has 0 saturated carbocycles. The SMILES string of the molecule is O=C1NC(=O)C(c2ccccc2O)(c2cccc(O)c2O)N1. The van der Waals surface area contributed by atoms with Gasteiger partial charge in [-0.25, -0.2) is 4.79 Å². The van der Waals surface area contributed by atoms with E-state index in [0.717, 1.165) is 0 Å². The summed E-state index contributed by atoms with van der Waals surface area (Å²) in [7, 11) is 0. The molecule has 3 rings (SSSR count). The Hall–Kier alpha value is -3.22. The maximum atomic E-state index is 12.4. The van der Waals surface area contributed by atoms with Crippen molar-refractivity contribution in [1.82, 2.24) is 10.6 Å². The van der Waals surface area contributed by atoms with Gasteiger partial charge in [0.15, 0.2) is 17.0 Å². The first-order valence-corrected chi connectivity index (χ1v) is 6.40. The van der Waals surface area contributed by atoms with E-state index in [4.69, 9.17) is 0 Å². The summed E-state index contributed by atoms with van der Waals surface area (Å²) in [6, 6.07) is 9.22.